The number of aromatic nitrogens is 1. The summed E-state index contributed by atoms with van der Waals surface area (Å²) in [6.45, 7) is 6.19. The van der Waals surface area contributed by atoms with Gasteiger partial charge in [-0.25, -0.2) is 0 Å². The van der Waals surface area contributed by atoms with Crippen molar-refractivity contribution >= 4 is 0 Å². The molecule has 4 rings (SSSR count). The van der Waals surface area contributed by atoms with Crippen LogP contribution >= 0.6 is 0 Å². The van der Waals surface area contributed by atoms with Crippen molar-refractivity contribution < 1.29 is 8.68 Å². The van der Waals surface area contributed by atoms with Crippen LogP contribution in [0.5, 0.6) is 0 Å². The Kier molecular flexibility index (Phi) is 3.04. The molecule has 0 amide bonds. The summed E-state index contributed by atoms with van der Waals surface area (Å²) in [7, 11) is 1.97. The van der Waals surface area contributed by atoms with E-state index in [0.717, 1.165) is 44.8 Å². The molecular formula is C25H25N2+. The summed E-state index contributed by atoms with van der Waals surface area (Å²) in [6, 6.07) is 16.0. The Morgan fingerprint density at radius 1 is 1.07 bits per heavy atom. The zero-order chi connectivity index (χ0) is 22.0. The topological polar surface area (TPSA) is 27.7 Å². The molecule has 0 radical (unpaired) electrons. The van der Waals surface area contributed by atoms with Gasteiger partial charge in [0.1, 0.15) is 7.05 Å². The van der Waals surface area contributed by atoms with E-state index in [-0.39, 0.29) is 5.41 Å². The third-order valence-corrected chi connectivity index (χ3v) is 5.97. The number of hydrogen-bond acceptors (Lipinski definition) is 1. The van der Waals surface area contributed by atoms with Crippen LogP contribution < -0.4 is 4.57 Å². The van der Waals surface area contributed by atoms with Gasteiger partial charge in [-0.05, 0) is 47.7 Å². The number of nitriles is 1. The van der Waals surface area contributed by atoms with Gasteiger partial charge in [-0.1, -0.05) is 38.1 Å². The minimum atomic E-state index is -2.17. The Balaban J connectivity index is 2.13. The molecule has 0 saturated heterocycles. The number of pyridine rings is 1. The Bertz CT molecular complexity index is 1240. The van der Waals surface area contributed by atoms with Crippen LogP contribution in [0.2, 0.25) is 0 Å². The van der Waals surface area contributed by atoms with Crippen molar-refractivity contribution in [2.24, 2.45) is 7.05 Å². The van der Waals surface area contributed by atoms with E-state index in [0.29, 0.717) is 11.1 Å². The molecule has 3 aromatic rings. The Hall–Kier alpha value is -2.92. The molecule has 27 heavy (non-hydrogen) atoms. The molecule has 2 nitrogen and oxygen atoms in total. The van der Waals surface area contributed by atoms with E-state index in [1.54, 1.807) is 12.1 Å². The zero-order valence-corrected chi connectivity index (χ0v) is 16.4. The fourth-order valence-electron chi connectivity index (χ4n) is 4.52. The molecule has 1 aliphatic carbocycles. The fraction of sp³-hybridized carbons (Fsp3) is 0.280. The molecule has 134 valence electrons. The molecule has 0 saturated carbocycles. The minimum Gasteiger partial charge on any atom is -0.199 e. The molecule has 0 spiro atoms. The van der Waals surface area contributed by atoms with E-state index in [4.69, 9.17) is 4.11 Å². The van der Waals surface area contributed by atoms with Crippen LogP contribution in [0.1, 0.15) is 51.5 Å². The van der Waals surface area contributed by atoms with Crippen LogP contribution in [0.15, 0.2) is 42.5 Å². The summed E-state index contributed by atoms with van der Waals surface area (Å²) in [5.74, 6) is 0. The number of aryl methyl sites for hydroxylation is 3. The summed E-state index contributed by atoms with van der Waals surface area (Å²) in [5, 5.41) is 9.73. The van der Waals surface area contributed by atoms with E-state index < -0.39 is 6.85 Å². The van der Waals surface area contributed by atoms with Crippen molar-refractivity contribution in [3.05, 3.63) is 76.0 Å². The lowest BCUT2D eigenvalue weighted by Gasteiger charge is -2.25. The second kappa shape index (κ2) is 5.79. The predicted octanol–water partition coefficient (Wildman–Crippen LogP) is 5.28. The minimum absolute atomic E-state index is 0.310. The number of benzene rings is 2. The first kappa shape index (κ1) is 14.2. The molecule has 1 aromatic heterocycles. The van der Waals surface area contributed by atoms with Crippen molar-refractivity contribution in [1.29, 1.82) is 5.26 Å². The van der Waals surface area contributed by atoms with E-state index in [1.807, 2.05) is 26.1 Å². The number of fused-ring (bicyclic) bond motifs is 3. The van der Waals surface area contributed by atoms with Gasteiger partial charge < -0.3 is 0 Å². The summed E-state index contributed by atoms with van der Waals surface area (Å²) >= 11 is 0. The highest BCUT2D eigenvalue weighted by Gasteiger charge is 2.40. The van der Waals surface area contributed by atoms with E-state index in [1.165, 1.54) is 0 Å². The standard InChI is InChI=1S/C25H25N2/c1-15-12-17(3)27(6)21(13-15)22-16(2)10-11-19-23-18(14-26)8-7-9-20(23)25(4,5)24(19)22/h7-13H,1-6H3/q+1/i1D3. The van der Waals surface area contributed by atoms with Crippen molar-refractivity contribution in [2.45, 2.75) is 40.0 Å². The smallest absolute Gasteiger partial charge is 0.199 e. The average molecular weight is 357 g/mol. The van der Waals surface area contributed by atoms with Crippen LogP contribution in [0.4, 0.5) is 0 Å². The number of nitrogens with zero attached hydrogens (tertiary/aromatic N) is 2. The maximum absolute atomic E-state index is 9.73. The van der Waals surface area contributed by atoms with Gasteiger partial charge in [0.15, 0.2) is 5.69 Å². The lowest BCUT2D eigenvalue weighted by molar-refractivity contribution is -0.666. The maximum atomic E-state index is 9.73. The molecule has 0 N–H and O–H groups in total. The second-order valence-electron chi connectivity index (χ2n) is 7.97. The van der Waals surface area contributed by atoms with Crippen molar-refractivity contribution in [1.82, 2.24) is 0 Å². The molecule has 1 heterocycles. The normalized spacial score (nSPS) is 15.9. The Labute approximate surface area is 165 Å². The molecule has 2 aromatic carbocycles. The zero-order valence-electron chi connectivity index (χ0n) is 19.4. The molecule has 0 unspecified atom stereocenters. The summed E-state index contributed by atoms with van der Waals surface area (Å²) in [6.07, 6.45) is 0. The molecule has 0 bridgehead atoms. The van der Waals surface area contributed by atoms with Crippen LogP contribution in [0.3, 0.4) is 0 Å². The van der Waals surface area contributed by atoms with Gasteiger partial charge in [0.05, 0.1) is 17.2 Å². The lowest BCUT2D eigenvalue weighted by atomic mass is 9.78. The quantitative estimate of drug-likeness (QED) is 0.545. The van der Waals surface area contributed by atoms with Gasteiger partial charge in [-0.2, -0.15) is 9.83 Å². The Morgan fingerprint density at radius 2 is 1.85 bits per heavy atom. The third-order valence-electron chi connectivity index (χ3n) is 5.97. The molecular weight excluding hydrogens is 328 g/mol. The Morgan fingerprint density at radius 3 is 2.56 bits per heavy atom. The summed E-state index contributed by atoms with van der Waals surface area (Å²) < 4.78 is 25.8. The van der Waals surface area contributed by atoms with Gasteiger partial charge in [0.25, 0.3) is 0 Å². The highest BCUT2D eigenvalue weighted by atomic mass is 14.9. The number of hydrogen-bond donors (Lipinski definition) is 0. The average Bonchev–Trinajstić information content (AvgIpc) is 2.91. The molecule has 0 atom stereocenters. The van der Waals surface area contributed by atoms with Gasteiger partial charge in [-0.3, -0.25) is 0 Å². The van der Waals surface area contributed by atoms with Crippen LogP contribution in [-0.2, 0) is 12.5 Å². The lowest BCUT2D eigenvalue weighted by Crippen LogP contribution is -2.35. The maximum Gasteiger partial charge on any atom is 0.213 e. The van der Waals surface area contributed by atoms with Gasteiger partial charge >= 0.3 is 0 Å². The van der Waals surface area contributed by atoms with Crippen molar-refractivity contribution in [2.75, 3.05) is 0 Å². The first-order chi connectivity index (χ1) is 14.0. The van der Waals surface area contributed by atoms with Crippen molar-refractivity contribution in [3.8, 4) is 28.5 Å². The van der Waals surface area contributed by atoms with E-state index in [9.17, 15) is 5.26 Å². The van der Waals surface area contributed by atoms with Gasteiger partial charge in [0.2, 0.25) is 5.69 Å². The second-order valence-corrected chi connectivity index (χ2v) is 7.97. The first-order valence-electron chi connectivity index (χ1n) is 10.7. The molecule has 2 heteroatoms. The van der Waals surface area contributed by atoms with E-state index >= 15 is 0 Å². The van der Waals surface area contributed by atoms with Gasteiger partial charge in [-0.15, -0.1) is 0 Å². The van der Waals surface area contributed by atoms with E-state index in [2.05, 4.69) is 49.6 Å². The molecule has 0 fully saturated rings. The summed E-state index contributed by atoms with van der Waals surface area (Å²) in [4.78, 5) is 0. The fourth-order valence-corrected chi connectivity index (χ4v) is 4.52. The van der Waals surface area contributed by atoms with Crippen LogP contribution in [-0.4, -0.2) is 0 Å². The molecule has 1 aliphatic rings. The third kappa shape index (κ3) is 2.35. The van der Waals surface area contributed by atoms with Crippen molar-refractivity contribution in [3.63, 3.8) is 0 Å². The molecule has 0 aliphatic heterocycles. The number of rotatable bonds is 1. The first-order valence-corrected chi connectivity index (χ1v) is 9.18. The highest BCUT2D eigenvalue weighted by Crippen LogP contribution is 2.53. The SMILES string of the molecule is [2H]C([2H])([2H])c1cc(C)[n+](C)c(-c2c(C)ccc3c2C(C)(C)c2cccc(C#N)c2-3)c1. The van der Waals surface area contributed by atoms with Crippen LogP contribution in [0.25, 0.3) is 22.4 Å². The largest absolute Gasteiger partial charge is 0.213 e. The predicted molar refractivity (Wildman–Crippen MR) is 110 cm³/mol. The monoisotopic (exact) mass is 356 g/mol. The van der Waals surface area contributed by atoms with Crippen LogP contribution in [0, 0.1) is 32.0 Å². The summed E-state index contributed by atoms with van der Waals surface area (Å²) in [5.41, 5.74) is 8.96. The van der Waals surface area contributed by atoms with Gasteiger partial charge in [0, 0.05) is 34.1 Å². The highest BCUT2D eigenvalue weighted by molar-refractivity contribution is 5.90.